The summed E-state index contributed by atoms with van der Waals surface area (Å²) in [7, 11) is 0. The van der Waals surface area contributed by atoms with Crippen molar-refractivity contribution in [3.8, 4) is 0 Å². The number of nitro benzene ring substituents is 1. The molecule has 1 aromatic rings. The molecule has 0 heterocycles. The zero-order valence-corrected chi connectivity index (χ0v) is 23.6. The summed E-state index contributed by atoms with van der Waals surface area (Å²) < 4.78 is 5.53. The van der Waals surface area contributed by atoms with Crippen molar-refractivity contribution in [1.82, 2.24) is 0 Å². The normalized spacial score (nSPS) is 17.6. The largest absolute Gasteiger partial charge is 0.454 e. The third-order valence-electron chi connectivity index (χ3n) is 7.16. The van der Waals surface area contributed by atoms with Gasteiger partial charge in [-0.3, -0.25) is 19.7 Å². The fourth-order valence-electron chi connectivity index (χ4n) is 4.93. The van der Waals surface area contributed by atoms with Crippen LogP contribution in [0.5, 0.6) is 0 Å². The molecule has 0 aromatic heterocycles. The maximum Gasteiger partial charge on any atom is 0.306 e. The molecule has 1 aliphatic rings. The lowest BCUT2D eigenvalue weighted by molar-refractivity contribution is -0.387. The van der Waals surface area contributed by atoms with Crippen molar-refractivity contribution in [1.29, 1.82) is 0 Å². The van der Waals surface area contributed by atoms with Crippen molar-refractivity contribution >= 4 is 29.2 Å². The Bertz CT molecular complexity index is 815. The Labute approximate surface area is 227 Å². The number of rotatable bonds is 20. The van der Waals surface area contributed by atoms with Gasteiger partial charge in [0.2, 0.25) is 0 Å². The van der Waals surface area contributed by atoms with Crippen LogP contribution in [0.1, 0.15) is 129 Å². The van der Waals surface area contributed by atoms with Crippen molar-refractivity contribution in [3.63, 3.8) is 0 Å². The van der Waals surface area contributed by atoms with Crippen LogP contribution in [0.25, 0.3) is 0 Å². The highest BCUT2D eigenvalue weighted by Gasteiger charge is 2.35. The predicted molar refractivity (Wildman–Crippen MR) is 151 cm³/mol. The van der Waals surface area contributed by atoms with Gasteiger partial charge in [0.1, 0.15) is 0 Å². The zero-order chi connectivity index (χ0) is 26.7. The van der Waals surface area contributed by atoms with Gasteiger partial charge in [0.15, 0.2) is 11.9 Å². The maximum absolute atomic E-state index is 12.9. The monoisotopic (exact) mass is 533 g/mol. The summed E-state index contributed by atoms with van der Waals surface area (Å²) in [4.78, 5) is 36.6. The topological polar surface area (TPSA) is 86.5 Å². The number of benzene rings is 1. The number of Topliss-reactive ketones (excluding diaryl/α,β-unsaturated/α-hetero) is 1. The van der Waals surface area contributed by atoms with Crippen LogP contribution in [0.15, 0.2) is 29.2 Å². The van der Waals surface area contributed by atoms with Gasteiger partial charge >= 0.3 is 5.97 Å². The van der Waals surface area contributed by atoms with Crippen LogP contribution >= 0.6 is 11.8 Å². The molecule has 2 atom stereocenters. The number of para-hydroxylation sites is 1. The number of hydrogen-bond acceptors (Lipinski definition) is 6. The van der Waals surface area contributed by atoms with Crippen molar-refractivity contribution in [2.24, 2.45) is 0 Å². The number of unbranched alkanes of at least 4 members (excludes halogenated alkanes) is 14. The van der Waals surface area contributed by atoms with E-state index in [1.54, 1.807) is 18.2 Å². The number of nitro groups is 1. The molecule has 7 heteroatoms. The van der Waals surface area contributed by atoms with Crippen LogP contribution in [0.3, 0.4) is 0 Å². The molecular weight excluding hydrogens is 486 g/mol. The van der Waals surface area contributed by atoms with E-state index in [4.69, 9.17) is 4.74 Å². The van der Waals surface area contributed by atoms with E-state index in [0.717, 1.165) is 25.7 Å². The maximum atomic E-state index is 12.9. The summed E-state index contributed by atoms with van der Waals surface area (Å²) in [5.41, 5.74) is 0.00702. The summed E-state index contributed by atoms with van der Waals surface area (Å²) >= 11 is 1.22. The van der Waals surface area contributed by atoms with Crippen LogP contribution in [0.4, 0.5) is 5.69 Å². The minimum atomic E-state index is -0.724. The Morgan fingerprint density at radius 1 is 0.892 bits per heavy atom. The molecule has 1 saturated carbocycles. The predicted octanol–water partition coefficient (Wildman–Crippen LogP) is 8.98. The van der Waals surface area contributed by atoms with E-state index in [1.165, 1.54) is 94.9 Å². The van der Waals surface area contributed by atoms with Gasteiger partial charge in [0, 0.05) is 12.5 Å². The molecule has 1 aromatic carbocycles. The second kappa shape index (κ2) is 19.2. The van der Waals surface area contributed by atoms with Gasteiger partial charge in [-0.15, -0.1) is 11.8 Å². The zero-order valence-electron chi connectivity index (χ0n) is 22.8. The second-order valence-corrected chi connectivity index (χ2v) is 11.6. The number of ether oxygens (including phenoxy) is 1. The van der Waals surface area contributed by atoms with Crippen molar-refractivity contribution in [2.45, 2.75) is 145 Å². The number of esters is 1. The Morgan fingerprint density at radius 2 is 1.43 bits per heavy atom. The highest BCUT2D eigenvalue weighted by atomic mass is 32.2. The Balaban J connectivity index is 1.52. The lowest BCUT2D eigenvalue weighted by atomic mass is 9.95. The highest BCUT2D eigenvalue weighted by molar-refractivity contribution is 8.00. The standard InChI is InChI=1S/C30H47NO5S/c1-2-3-4-5-6-7-8-9-10-11-12-13-14-15-16-24-29(32)36-26-21-19-23-28(30(26)33)37-27-22-18-17-20-25(27)31(34)35/h17-18,20,22,26,28H,2-16,19,21,23-24H2,1H3. The van der Waals surface area contributed by atoms with Crippen molar-refractivity contribution in [2.75, 3.05) is 0 Å². The lowest BCUT2D eigenvalue weighted by Gasteiger charge is -2.27. The molecule has 0 saturated heterocycles. The van der Waals surface area contributed by atoms with Gasteiger partial charge < -0.3 is 4.74 Å². The minimum Gasteiger partial charge on any atom is -0.454 e. The van der Waals surface area contributed by atoms with Gasteiger partial charge in [0.25, 0.3) is 5.69 Å². The first-order valence-electron chi connectivity index (χ1n) is 14.7. The first-order valence-corrected chi connectivity index (χ1v) is 15.5. The molecule has 1 aliphatic carbocycles. The third-order valence-corrected chi connectivity index (χ3v) is 8.51. The van der Waals surface area contributed by atoms with Crippen LogP contribution < -0.4 is 0 Å². The molecule has 0 amide bonds. The van der Waals surface area contributed by atoms with Crippen LogP contribution in [0, 0.1) is 10.1 Å². The molecule has 0 aliphatic heterocycles. The molecule has 0 bridgehead atoms. The van der Waals surface area contributed by atoms with E-state index in [-0.39, 0.29) is 17.4 Å². The molecule has 0 N–H and O–H groups in total. The number of carbonyl (C=O) groups is 2. The molecule has 6 nitrogen and oxygen atoms in total. The molecule has 0 radical (unpaired) electrons. The van der Waals surface area contributed by atoms with E-state index in [1.807, 2.05) is 0 Å². The fourth-order valence-corrected chi connectivity index (χ4v) is 6.21. The first-order chi connectivity index (χ1) is 18.0. The Kier molecular flexibility index (Phi) is 16.3. The fraction of sp³-hybridized carbons (Fsp3) is 0.733. The van der Waals surface area contributed by atoms with Crippen LogP contribution in [-0.4, -0.2) is 28.0 Å². The second-order valence-electron chi connectivity index (χ2n) is 10.3. The summed E-state index contributed by atoms with van der Waals surface area (Å²) in [6, 6.07) is 6.47. The lowest BCUT2D eigenvalue weighted by Crippen LogP contribution is -2.38. The highest BCUT2D eigenvalue weighted by Crippen LogP contribution is 2.37. The van der Waals surface area contributed by atoms with E-state index >= 15 is 0 Å². The average molecular weight is 534 g/mol. The number of hydrogen-bond donors (Lipinski definition) is 0. The molecule has 208 valence electrons. The van der Waals surface area contributed by atoms with E-state index in [0.29, 0.717) is 24.2 Å². The quantitative estimate of drug-likeness (QED) is 0.0719. The number of thioether (sulfide) groups is 1. The van der Waals surface area contributed by atoms with Gasteiger partial charge in [-0.25, -0.2) is 0 Å². The summed E-state index contributed by atoms with van der Waals surface area (Å²) in [5.74, 6) is -0.427. The van der Waals surface area contributed by atoms with Crippen LogP contribution in [-0.2, 0) is 14.3 Å². The van der Waals surface area contributed by atoms with Gasteiger partial charge in [-0.2, -0.15) is 0 Å². The number of ketones is 1. The molecule has 0 spiro atoms. The summed E-state index contributed by atoms with van der Waals surface area (Å²) in [6.45, 7) is 2.26. The Morgan fingerprint density at radius 3 is 2.00 bits per heavy atom. The van der Waals surface area contributed by atoms with Crippen molar-refractivity contribution in [3.05, 3.63) is 34.4 Å². The Hall–Kier alpha value is -1.89. The minimum absolute atomic E-state index is 0.00702. The van der Waals surface area contributed by atoms with E-state index < -0.39 is 16.3 Å². The number of carbonyl (C=O) groups excluding carboxylic acids is 2. The average Bonchev–Trinajstić information content (AvgIpc) is 2.89. The molecular formula is C30H47NO5S. The van der Waals surface area contributed by atoms with Crippen molar-refractivity contribution < 1.29 is 19.2 Å². The SMILES string of the molecule is CCCCCCCCCCCCCCCCCC(=O)OC1CCCC(Sc2ccccc2[N+](=O)[O-])C1=O. The first kappa shape index (κ1) is 31.3. The number of nitrogens with zero attached hydrogens (tertiary/aromatic N) is 1. The third kappa shape index (κ3) is 13.0. The molecule has 2 unspecified atom stereocenters. The molecule has 1 fully saturated rings. The van der Waals surface area contributed by atoms with Crippen LogP contribution in [0.2, 0.25) is 0 Å². The summed E-state index contributed by atoms with van der Waals surface area (Å²) in [6.07, 6.45) is 20.7. The van der Waals surface area contributed by atoms with Gasteiger partial charge in [0.05, 0.1) is 15.1 Å². The van der Waals surface area contributed by atoms with E-state index in [2.05, 4.69) is 6.92 Å². The van der Waals surface area contributed by atoms with Gasteiger partial charge in [-0.05, 0) is 31.7 Å². The molecule has 2 rings (SSSR count). The smallest absolute Gasteiger partial charge is 0.306 e. The molecule has 37 heavy (non-hydrogen) atoms. The summed E-state index contributed by atoms with van der Waals surface area (Å²) in [5, 5.41) is 10.9. The van der Waals surface area contributed by atoms with E-state index in [9.17, 15) is 19.7 Å². The van der Waals surface area contributed by atoms with Gasteiger partial charge in [-0.1, -0.05) is 109 Å².